The third-order valence-electron chi connectivity index (χ3n) is 4.95. The molecule has 160 valence electrons. The Hall–Kier alpha value is -4.32. The Bertz CT molecular complexity index is 1150. The molecule has 0 fully saturated rings. The van der Waals surface area contributed by atoms with Crippen LogP contribution in [0, 0.1) is 0 Å². The highest BCUT2D eigenvalue weighted by Crippen LogP contribution is 2.40. The fraction of sp³-hybridized carbons (Fsp3) is 0.0769. The van der Waals surface area contributed by atoms with Crippen molar-refractivity contribution >= 4 is 17.4 Å². The minimum Gasteiger partial charge on any atom is -0.490 e. The van der Waals surface area contributed by atoms with Gasteiger partial charge in [-0.05, 0) is 71.8 Å². The number of fused-ring (bicyclic) bond motifs is 3. The van der Waals surface area contributed by atoms with Crippen LogP contribution in [-0.4, -0.2) is 30.0 Å². The molecule has 0 spiro atoms. The topological polar surface area (TPSA) is 80.2 Å². The average Bonchev–Trinajstić information content (AvgIpc) is 3.12. The van der Waals surface area contributed by atoms with Gasteiger partial charge >= 0.3 is 5.97 Å². The Kier molecular flexibility index (Phi) is 6.03. The molecule has 0 saturated heterocycles. The fourth-order valence-corrected chi connectivity index (χ4v) is 3.47. The molecule has 0 heterocycles. The van der Waals surface area contributed by atoms with Crippen LogP contribution in [0.5, 0.6) is 11.5 Å². The number of anilines is 1. The molecule has 3 aromatic carbocycles. The summed E-state index contributed by atoms with van der Waals surface area (Å²) >= 11 is 0. The van der Waals surface area contributed by atoms with Crippen molar-refractivity contribution in [3.63, 3.8) is 0 Å². The standard InChI is InChI=1S/C26H22N2O4/c1-3-13-31-19-9-11-21-22-12-10-20(32-14-4-2)16-24(22)25(23(21)15-19)28-27-18-7-5-17(6-8-18)26(29)30/h3-12,15-16,27H,1-2,13-14H2,(H,29,30). The molecule has 6 nitrogen and oxygen atoms in total. The van der Waals surface area contributed by atoms with Crippen LogP contribution in [0.4, 0.5) is 5.69 Å². The molecule has 32 heavy (non-hydrogen) atoms. The second-order valence-corrected chi connectivity index (χ2v) is 7.07. The van der Waals surface area contributed by atoms with Gasteiger partial charge in [-0.3, -0.25) is 5.43 Å². The highest BCUT2D eigenvalue weighted by Gasteiger charge is 2.26. The minimum absolute atomic E-state index is 0.216. The smallest absolute Gasteiger partial charge is 0.335 e. The molecule has 1 aliphatic carbocycles. The number of carboxylic acids is 1. The van der Waals surface area contributed by atoms with Crippen molar-refractivity contribution in [2.75, 3.05) is 18.6 Å². The van der Waals surface area contributed by atoms with Crippen molar-refractivity contribution in [1.29, 1.82) is 0 Å². The first-order valence-corrected chi connectivity index (χ1v) is 10.0. The second-order valence-electron chi connectivity index (χ2n) is 7.07. The zero-order chi connectivity index (χ0) is 22.5. The first-order valence-electron chi connectivity index (χ1n) is 10.0. The monoisotopic (exact) mass is 426 g/mol. The van der Waals surface area contributed by atoms with Gasteiger partial charge < -0.3 is 14.6 Å². The molecule has 3 aromatic rings. The van der Waals surface area contributed by atoms with Crippen LogP contribution >= 0.6 is 0 Å². The van der Waals surface area contributed by atoms with E-state index in [1.807, 2.05) is 36.4 Å². The van der Waals surface area contributed by atoms with E-state index in [1.165, 1.54) is 12.1 Å². The van der Waals surface area contributed by atoms with E-state index >= 15 is 0 Å². The first kappa shape index (κ1) is 20.9. The van der Waals surface area contributed by atoms with Crippen molar-refractivity contribution in [3.8, 4) is 22.6 Å². The molecule has 0 unspecified atom stereocenters. The molecular formula is C26H22N2O4. The van der Waals surface area contributed by atoms with E-state index in [2.05, 4.69) is 23.7 Å². The molecule has 0 bridgehead atoms. The normalized spacial score (nSPS) is 11.2. The van der Waals surface area contributed by atoms with Crippen LogP contribution in [0.25, 0.3) is 11.1 Å². The van der Waals surface area contributed by atoms with Gasteiger partial charge in [-0.15, -0.1) is 0 Å². The van der Waals surface area contributed by atoms with E-state index in [1.54, 1.807) is 24.3 Å². The molecule has 1 aliphatic rings. The third-order valence-corrected chi connectivity index (χ3v) is 4.95. The summed E-state index contributed by atoms with van der Waals surface area (Å²) < 4.78 is 11.4. The van der Waals surface area contributed by atoms with Gasteiger partial charge in [-0.2, -0.15) is 5.10 Å². The van der Waals surface area contributed by atoms with Gasteiger partial charge in [0.15, 0.2) is 0 Å². The number of nitrogens with one attached hydrogen (secondary N) is 1. The van der Waals surface area contributed by atoms with E-state index in [4.69, 9.17) is 14.6 Å². The van der Waals surface area contributed by atoms with Crippen LogP contribution in [0.2, 0.25) is 0 Å². The van der Waals surface area contributed by atoms with E-state index in [9.17, 15) is 4.79 Å². The van der Waals surface area contributed by atoms with Gasteiger partial charge in [-0.1, -0.05) is 25.3 Å². The lowest BCUT2D eigenvalue weighted by molar-refractivity contribution is 0.0697. The summed E-state index contributed by atoms with van der Waals surface area (Å²) in [6.45, 7) is 8.20. The molecule has 0 amide bonds. The highest BCUT2D eigenvalue weighted by molar-refractivity contribution is 6.25. The maximum absolute atomic E-state index is 11.1. The number of rotatable bonds is 9. The summed E-state index contributed by atoms with van der Waals surface area (Å²) in [4.78, 5) is 11.1. The predicted molar refractivity (Wildman–Crippen MR) is 126 cm³/mol. The number of hydrogen-bond donors (Lipinski definition) is 2. The van der Waals surface area contributed by atoms with Gasteiger partial charge in [0.05, 0.1) is 17.0 Å². The average molecular weight is 426 g/mol. The number of ether oxygens (including phenoxy) is 2. The summed E-state index contributed by atoms with van der Waals surface area (Å²) in [6.07, 6.45) is 3.39. The molecule has 6 heteroatoms. The van der Waals surface area contributed by atoms with Gasteiger partial charge in [0.1, 0.15) is 24.7 Å². The minimum atomic E-state index is -0.972. The van der Waals surface area contributed by atoms with Gasteiger partial charge in [0.2, 0.25) is 0 Å². The number of nitrogens with zero attached hydrogens (tertiary/aromatic N) is 1. The molecule has 0 aromatic heterocycles. The summed E-state index contributed by atoms with van der Waals surface area (Å²) in [6, 6.07) is 18.2. The Morgan fingerprint density at radius 2 is 1.38 bits per heavy atom. The third kappa shape index (κ3) is 4.25. The lowest BCUT2D eigenvalue weighted by Gasteiger charge is -2.08. The predicted octanol–water partition coefficient (Wildman–Crippen LogP) is 5.36. The zero-order valence-corrected chi connectivity index (χ0v) is 17.4. The number of carboxylic acid groups (broad SMARTS) is 1. The lowest BCUT2D eigenvalue weighted by atomic mass is 10.1. The SMILES string of the molecule is C=CCOc1ccc2c(c1)C(=NNc1ccc(C(=O)O)cc1)c1cc(OCC=C)ccc1-2. The number of carbonyl (C=O) groups is 1. The summed E-state index contributed by atoms with van der Waals surface area (Å²) in [5, 5.41) is 13.7. The largest absolute Gasteiger partial charge is 0.490 e. The molecule has 2 N–H and O–H groups in total. The van der Waals surface area contributed by atoms with Crippen LogP contribution < -0.4 is 14.9 Å². The second kappa shape index (κ2) is 9.22. The number of aromatic carboxylic acids is 1. The summed E-state index contributed by atoms with van der Waals surface area (Å²) in [5.41, 5.74) is 8.62. The number of benzene rings is 3. The molecule has 0 aliphatic heterocycles. The lowest BCUT2D eigenvalue weighted by Crippen LogP contribution is -2.04. The Balaban J connectivity index is 1.73. The van der Waals surface area contributed by atoms with Crippen LogP contribution in [0.3, 0.4) is 0 Å². The summed E-state index contributed by atoms with van der Waals surface area (Å²) in [7, 11) is 0. The Morgan fingerprint density at radius 1 is 0.844 bits per heavy atom. The molecule has 0 atom stereocenters. The number of hydrogen-bond acceptors (Lipinski definition) is 5. The van der Waals surface area contributed by atoms with E-state index < -0.39 is 5.97 Å². The molecular weight excluding hydrogens is 404 g/mol. The maximum Gasteiger partial charge on any atom is 0.335 e. The van der Waals surface area contributed by atoms with Crippen molar-refractivity contribution in [1.82, 2.24) is 0 Å². The molecule has 0 saturated carbocycles. The van der Waals surface area contributed by atoms with Crippen LogP contribution in [0.15, 0.2) is 91.1 Å². The van der Waals surface area contributed by atoms with Crippen molar-refractivity contribution in [2.24, 2.45) is 5.10 Å². The Labute approximate surface area is 186 Å². The van der Waals surface area contributed by atoms with Crippen LogP contribution in [0.1, 0.15) is 21.5 Å². The first-order chi connectivity index (χ1) is 15.6. The van der Waals surface area contributed by atoms with E-state index in [0.717, 1.165) is 39.5 Å². The molecule has 4 rings (SSSR count). The van der Waals surface area contributed by atoms with E-state index in [0.29, 0.717) is 18.9 Å². The Morgan fingerprint density at radius 3 is 1.84 bits per heavy atom. The maximum atomic E-state index is 11.1. The number of hydrazone groups is 1. The van der Waals surface area contributed by atoms with Gasteiger partial charge in [-0.25, -0.2) is 4.79 Å². The zero-order valence-electron chi connectivity index (χ0n) is 17.4. The highest BCUT2D eigenvalue weighted by atomic mass is 16.5. The van der Waals surface area contributed by atoms with Crippen molar-refractivity contribution in [3.05, 3.63) is 103 Å². The van der Waals surface area contributed by atoms with Crippen molar-refractivity contribution in [2.45, 2.75) is 0 Å². The quantitative estimate of drug-likeness (QED) is 0.278. The molecule has 0 radical (unpaired) electrons. The van der Waals surface area contributed by atoms with Gasteiger partial charge in [0, 0.05) is 11.1 Å². The summed E-state index contributed by atoms with van der Waals surface area (Å²) in [5.74, 6) is 0.469. The van der Waals surface area contributed by atoms with E-state index in [-0.39, 0.29) is 5.56 Å². The fourth-order valence-electron chi connectivity index (χ4n) is 3.47. The van der Waals surface area contributed by atoms with Crippen molar-refractivity contribution < 1.29 is 19.4 Å². The van der Waals surface area contributed by atoms with Crippen LogP contribution in [-0.2, 0) is 0 Å². The van der Waals surface area contributed by atoms with Gasteiger partial charge in [0.25, 0.3) is 0 Å².